The number of nitrogens with one attached hydrogen (secondary N) is 2. The molecule has 4 nitrogen and oxygen atoms in total. The molecule has 1 aliphatic carbocycles. The van der Waals surface area contributed by atoms with E-state index in [2.05, 4.69) is 10.6 Å². The van der Waals surface area contributed by atoms with Crippen molar-refractivity contribution in [2.45, 2.75) is 37.8 Å². The van der Waals surface area contributed by atoms with E-state index in [-0.39, 0.29) is 12.0 Å². The lowest BCUT2D eigenvalue weighted by molar-refractivity contribution is -0.122. The fourth-order valence-corrected chi connectivity index (χ4v) is 1.62. The van der Waals surface area contributed by atoms with Gasteiger partial charge < -0.3 is 15.4 Å². The van der Waals surface area contributed by atoms with E-state index in [0.717, 1.165) is 39.0 Å². The molecular formula is C10H18N2O2. The third-order valence-corrected chi connectivity index (χ3v) is 2.64. The predicted molar refractivity (Wildman–Crippen MR) is 53.0 cm³/mol. The molecule has 2 rings (SSSR count). The first-order valence-electron chi connectivity index (χ1n) is 5.46. The minimum absolute atomic E-state index is 0.182. The summed E-state index contributed by atoms with van der Waals surface area (Å²) in [5.74, 6) is 0.182. The molecule has 0 aromatic carbocycles. The van der Waals surface area contributed by atoms with Gasteiger partial charge in [0.2, 0.25) is 5.91 Å². The zero-order valence-corrected chi connectivity index (χ0v) is 8.42. The fraction of sp³-hybridized carbons (Fsp3) is 0.900. The van der Waals surface area contributed by atoms with Crippen molar-refractivity contribution in [2.24, 2.45) is 0 Å². The van der Waals surface area contributed by atoms with Crippen LogP contribution in [0.4, 0.5) is 0 Å². The van der Waals surface area contributed by atoms with Crippen LogP contribution >= 0.6 is 0 Å². The smallest absolute Gasteiger partial charge is 0.220 e. The van der Waals surface area contributed by atoms with Crippen molar-refractivity contribution >= 4 is 5.91 Å². The van der Waals surface area contributed by atoms with Crippen molar-refractivity contribution in [2.75, 3.05) is 19.7 Å². The van der Waals surface area contributed by atoms with Crippen molar-refractivity contribution in [1.82, 2.24) is 10.6 Å². The van der Waals surface area contributed by atoms with Crippen LogP contribution in [-0.4, -0.2) is 37.7 Å². The monoisotopic (exact) mass is 198 g/mol. The van der Waals surface area contributed by atoms with Crippen LogP contribution in [0.1, 0.15) is 25.7 Å². The third kappa shape index (κ3) is 3.27. The molecule has 80 valence electrons. The Labute approximate surface area is 84.4 Å². The Bertz CT molecular complexity index is 198. The van der Waals surface area contributed by atoms with Crippen LogP contribution in [0.3, 0.4) is 0 Å². The van der Waals surface area contributed by atoms with Crippen molar-refractivity contribution in [3.63, 3.8) is 0 Å². The predicted octanol–water partition coefficient (Wildman–Crippen LogP) is 0.0336. The van der Waals surface area contributed by atoms with Crippen molar-refractivity contribution in [1.29, 1.82) is 0 Å². The molecule has 14 heavy (non-hydrogen) atoms. The molecule has 2 fully saturated rings. The summed E-state index contributed by atoms with van der Waals surface area (Å²) in [4.78, 5) is 11.3. The number of rotatable bonds is 4. The van der Waals surface area contributed by atoms with E-state index in [9.17, 15) is 4.79 Å². The SMILES string of the molecule is O=C(CCC1CNCCO1)NC1CC1. The number of morpholine rings is 1. The Morgan fingerprint density at radius 3 is 3.00 bits per heavy atom. The number of carbonyl (C=O) groups is 1. The van der Waals surface area contributed by atoms with Crippen LogP contribution in [-0.2, 0) is 9.53 Å². The van der Waals surface area contributed by atoms with Crippen molar-refractivity contribution in [3.05, 3.63) is 0 Å². The summed E-state index contributed by atoms with van der Waals surface area (Å²) in [6.07, 6.45) is 3.99. The number of amides is 1. The van der Waals surface area contributed by atoms with E-state index in [1.807, 2.05) is 0 Å². The lowest BCUT2D eigenvalue weighted by Crippen LogP contribution is -2.39. The topological polar surface area (TPSA) is 50.4 Å². The van der Waals surface area contributed by atoms with E-state index in [0.29, 0.717) is 12.5 Å². The fourth-order valence-electron chi connectivity index (χ4n) is 1.62. The van der Waals surface area contributed by atoms with Crippen LogP contribution in [0, 0.1) is 0 Å². The summed E-state index contributed by atoms with van der Waals surface area (Å²) in [7, 11) is 0. The molecule has 1 heterocycles. The van der Waals surface area contributed by atoms with Crippen LogP contribution in [0.2, 0.25) is 0 Å². The Hall–Kier alpha value is -0.610. The lowest BCUT2D eigenvalue weighted by atomic mass is 10.1. The third-order valence-electron chi connectivity index (χ3n) is 2.64. The minimum Gasteiger partial charge on any atom is -0.376 e. The Balaban J connectivity index is 1.57. The van der Waals surface area contributed by atoms with Gasteiger partial charge in [-0.2, -0.15) is 0 Å². The summed E-state index contributed by atoms with van der Waals surface area (Å²) in [5, 5.41) is 6.23. The highest BCUT2D eigenvalue weighted by atomic mass is 16.5. The quantitative estimate of drug-likeness (QED) is 0.670. The molecular weight excluding hydrogens is 180 g/mol. The van der Waals surface area contributed by atoms with Gasteiger partial charge in [0, 0.05) is 25.6 Å². The maximum Gasteiger partial charge on any atom is 0.220 e. The van der Waals surface area contributed by atoms with Gasteiger partial charge in [-0.25, -0.2) is 0 Å². The standard InChI is InChI=1S/C10H18N2O2/c13-10(12-8-1-2-8)4-3-9-7-11-5-6-14-9/h8-9,11H,1-7H2,(H,12,13). The normalized spacial score (nSPS) is 27.3. The molecule has 4 heteroatoms. The van der Waals surface area contributed by atoms with Crippen LogP contribution in [0.25, 0.3) is 0 Å². The molecule has 1 unspecified atom stereocenters. The van der Waals surface area contributed by atoms with Crippen LogP contribution in [0.15, 0.2) is 0 Å². The molecule has 0 aromatic heterocycles. The molecule has 1 amide bonds. The summed E-state index contributed by atoms with van der Waals surface area (Å²) in [5.41, 5.74) is 0. The van der Waals surface area contributed by atoms with Crippen molar-refractivity contribution < 1.29 is 9.53 Å². The van der Waals surface area contributed by atoms with Gasteiger partial charge >= 0.3 is 0 Å². The Morgan fingerprint density at radius 2 is 2.36 bits per heavy atom. The maximum absolute atomic E-state index is 11.3. The van der Waals surface area contributed by atoms with Gasteiger partial charge in [0.15, 0.2) is 0 Å². The van der Waals surface area contributed by atoms with Gasteiger partial charge in [0.05, 0.1) is 12.7 Å². The molecule has 2 N–H and O–H groups in total. The number of ether oxygens (including phenoxy) is 1. The number of hydrogen-bond donors (Lipinski definition) is 2. The highest BCUT2D eigenvalue weighted by Crippen LogP contribution is 2.18. The zero-order valence-electron chi connectivity index (χ0n) is 8.42. The van der Waals surface area contributed by atoms with E-state index < -0.39 is 0 Å². The average Bonchev–Trinajstić information content (AvgIpc) is 3.00. The molecule has 1 aliphatic heterocycles. The van der Waals surface area contributed by atoms with E-state index >= 15 is 0 Å². The highest BCUT2D eigenvalue weighted by molar-refractivity contribution is 5.76. The number of hydrogen-bond acceptors (Lipinski definition) is 3. The first-order chi connectivity index (χ1) is 6.84. The van der Waals surface area contributed by atoms with Crippen LogP contribution in [0.5, 0.6) is 0 Å². The molecule has 2 aliphatic rings. The van der Waals surface area contributed by atoms with Gasteiger partial charge in [-0.05, 0) is 19.3 Å². The molecule has 1 saturated carbocycles. The highest BCUT2D eigenvalue weighted by Gasteiger charge is 2.23. The van der Waals surface area contributed by atoms with Crippen molar-refractivity contribution in [3.8, 4) is 0 Å². The largest absolute Gasteiger partial charge is 0.376 e. The lowest BCUT2D eigenvalue weighted by Gasteiger charge is -2.23. The summed E-state index contributed by atoms with van der Waals surface area (Å²) in [6, 6.07) is 0.480. The average molecular weight is 198 g/mol. The van der Waals surface area contributed by atoms with Gasteiger partial charge in [-0.15, -0.1) is 0 Å². The molecule has 0 radical (unpaired) electrons. The first kappa shape index (κ1) is 9.93. The molecule has 0 aromatic rings. The summed E-state index contributed by atoms with van der Waals surface area (Å²) in [6.45, 7) is 2.59. The minimum atomic E-state index is 0.182. The number of carbonyl (C=O) groups excluding carboxylic acids is 1. The van der Waals surface area contributed by atoms with Gasteiger partial charge in [-0.1, -0.05) is 0 Å². The molecule has 1 saturated heterocycles. The first-order valence-corrected chi connectivity index (χ1v) is 5.46. The Morgan fingerprint density at radius 1 is 1.50 bits per heavy atom. The molecule has 1 atom stereocenters. The summed E-state index contributed by atoms with van der Waals surface area (Å²) < 4.78 is 5.51. The van der Waals surface area contributed by atoms with Gasteiger partial charge in [0.25, 0.3) is 0 Å². The van der Waals surface area contributed by atoms with E-state index in [4.69, 9.17) is 4.74 Å². The maximum atomic E-state index is 11.3. The molecule has 0 bridgehead atoms. The summed E-state index contributed by atoms with van der Waals surface area (Å²) >= 11 is 0. The van der Waals surface area contributed by atoms with Gasteiger partial charge in [0.1, 0.15) is 0 Å². The second-order valence-electron chi connectivity index (χ2n) is 4.08. The van der Waals surface area contributed by atoms with E-state index in [1.165, 1.54) is 0 Å². The van der Waals surface area contributed by atoms with E-state index in [1.54, 1.807) is 0 Å². The zero-order chi connectivity index (χ0) is 9.80. The van der Waals surface area contributed by atoms with Gasteiger partial charge in [-0.3, -0.25) is 4.79 Å². The second-order valence-corrected chi connectivity index (χ2v) is 4.08. The van der Waals surface area contributed by atoms with Crippen LogP contribution < -0.4 is 10.6 Å². The Kier molecular flexibility index (Phi) is 3.37. The second kappa shape index (κ2) is 4.75. The molecule has 0 spiro atoms.